The normalized spacial score (nSPS) is 10.2. The molecule has 0 unspecified atom stereocenters. The Morgan fingerprint density at radius 2 is 1.94 bits per heavy atom. The van der Waals surface area contributed by atoms with Crippen LogP contribution in [0.15, 0.2) is 27.1 Å². The smallest absolute Gasteiger partial charge is 0.171 e. The SMILES string of the molecule is CCCC(=O)CC(=O)c1cccc(Br)c1Br. The Morgan fingerprint density at radius 3 is 2.56 bits per heavy atom. The summed E-state index contributed by atoms with van der Waals surface area (Å²) in [6.07, 6.45) is 1.24. The van der Waals surface area contributed by atoms with Crippen molar-refractivity contribution in [1.29, 1.82) is 0 Å². The van der Waals surface area contributed by atoms with E-state index in [1.165, 1.54) is 0 Å². The molecule has 0 bridgehead atoms. The standard InChI is InChI=1S/C12H12Br2O2/c1-2-4-8(15)7-11(16)9-5-3-6-10(13)12(9)14/h3,5-6H,2,4,7H2,1H3. The first-order valence-corrected chi connectivity index (χ1v) is 6.63. The third-order valence-electron chi connectivity index (χ3n) is 2.14. The van der Waals surface area contributed by atoms with Crippen LogP contribution in [-0.2, 0) is 4.79 Å². The predicted molar refractivity (Wildman–Crippen MR) is 70.7 cm³/mol. The van der Waals surface area contributed by atoms with Crippen LogP contribution >= 0.6 is 31.9 Å². The molecule has 1 aromatic rings. The Bertz CT molecular complexity index is 413. The van der Waals surface area contributed by atoms with Gasteiger partial charge in [0.1, 0.15) is 5.78 Å². The van der Waals surface area contributed by atoms with Gasteiger partial charge in [-0.2, -0.15) is 0 Å². The molecule has 0 heterocycles. The average molecular weight is 348 g/mol. The first-order valence-electron chi connectivity index (χ1n) is 5.05. The minimum absolute atomic E-state index is 0.000578. The van der Waals surface area contributed by atoms with Gasteiger partial charge in [-0.3, -0.25) is 9.59 Å². The topological polar surface area (TPSA) is 34.1 Å². The van der Waals surface area contributed by atoms with E-state index in [0.717, 1.165) is 10.9 Å². The van der Waals surface area contributed by atoms with E-state index in [2.05, 4.69) is 31.9 Å². The molecule has 0 aliphatic rings. The Balaban J connectivity index is 2.81. The molecule has 0 aliphatic heterocycles. The van der Waals surface area contributed by atoms with Crippen molar-refractivity contribution < 1.29 is 9.59 Å². The van der Waals surface area contributed by atoms with E-state index in [0.29, 0.717) is 16.5 Å². The van der Waals surface area contributed by atoms with Crippen molar-refractivity contribution in [2.75, 3.05) is 0 Å². The van der Waals surface area contributed by atoms with Gasteiger partial charge in [0.15, 0.2) is 5.78 Å². The average Bonchev–Trinajstić information content (AvgIpc) is 2.22. The van der Waals surface area contributed by atoms with Crippen LogP contribution in [0.25, 0.3) is 0 Å². The largest absolute Gasteiger partial charge is 0.299 e. The number of hydrogen-bond acceptors (Lipinski definition) is 2. The first kappa shape index (κ1) is 13.6. The van der Waals surface area contributed by atoms with Gasteiger partial charge in [0.2, 0.25) is 0 Å². The van der Waals surface area contributed by atoms with Crippen molar-refractivity contribution in [3.8, 4) is 0 Å². The molecular weight excluding hydrogens is 336 g/mol. The van der Waals surface area contributed by atoms with Crippen LogP contribution in [0.2, 0.25) is 0 Å². The van der Waals surface area contributed by atoms with Gasteiger partial charge in [0.25, 0.3) is 0 Å². The number of rotatable bonds is 5. The molecule has 0 N–H and O–H groups in total. The van der Waals surface area contributed by atoms with Crippen molar-refractivity contribution in [3.05, 3.63) is 32.7 Å². The summed E-state index contributed by atoms with van der Waals surface area (Å²) in [4.78, 5) is 23.2. The summed E-state index contributed by atoms with van der Waals surface area (Å²) in [5.41, 5.74) is 0.554. The molecule has 0 fully saturated rings. The van der Waals surface area contributed by atoms with E-state index in [4.69, 9.17) is 0 Å². The van der Waals surface area contributed by atoms with Crippen LogP contribution in [0, 0.1) is 0 Å². The second-order valence-corrected chi connectivity index (χ2v) is 5.14. The predicted octanol–water partition coefficient (Wildman–Crippen LogP) is 4.15. The van der Waals surface area contributed by atoms with Gasteiger partial charge in [-0.25, -0.2) is 0 Å². The van der Waals surface area contributed by atoms with E-state index in [9.17, 15) is 9.59 Å². The van der Waals surface area contributed by atoms with Crippen molar-refractivity contribution in [2.45, 2.75) is 26.2 Å². The quantitative estimate of drug-likeness (QED) is 0.592. The molecule has 0 amide bonds. The maximum absolute atomic E-state index is 11.8. The van der Waals surface area contributed by atoms with E-state index >= 15 is 0 Å². The lowest BCUT2D eigenvalue weighted by Gasteiger charge is -2.04. The highest BCUT2D eigenvalue weighted by molar-refractivity contribution is 9.13. The van der Waals surface area contributed by atoms with E-state index in [1.54, 1.807) is 12.1 Å². The molecule has 0 saturated heterocycles. The molecule has 0 aromatic heterocycles. The highest BCUT2D eigenvalue weighted by atomic mass is 79.9. The fourth-order valence-corrected chi connectivity index (χ4v) is 2.21. The van der Waals surface area contributed by atoms with E-state index < -0.39 is 0 Å². The highest BCUT2D eigenvalue weighted by Crippen LogP contribution is 2.27. The third-order valence-corrected chi connectivity index (χ3v) is 4.19. The Labute approximate surface area is 112 Å². The molecule has 1 aromatic carbocycles. The fraction of sp³-hybridized carbons (Fsp3) is 0.333. The van der Waals surface area contributed by atoms with Crippen molar-refractivity contribution in [2.24, 2.45) is 0 Å². The maximum atomic E-state index is 11.8. The van der Waals surface area contributed by atoms with Gasteiger partial charge in [-0.1, -0.05) is 19.1 Å². The zero-order chi connectivity index (χ0) is 12.1. The van der Waals surface area contributed by atoms with Gasteiger partial charge in [-0.15, -0.1) is 0 Å². The fourth-order valence-electron chi connectivity index (χ4n) is 1.36. The summed E-state index contributed by atoms with van der Waals surface area (Å²) in [5, 5.41) is 0. The lowest BCUT2D eigenvalue weighted by atomic mass is 10.0. The molecule has 0 aliphatic carbocycles. The zero-order valence-electron chi connectivity index (χ0n) is 8.93. The molecule has 0 spiro atoms. The lowest BCUT2D eigenvalue weighted by Crippen LogP contribution is -2.08. The van der Waals surface area contributed by atoms with Crippen LogP contribution in [-0.4, -0.2) is 11.6 Å². The van der Waals surface area contributed by atoms with Crippen LogP contribution in [0.4, 0.5) is 0 Å². The molecule has 1 rings (SSSR count). The number of carbonyl (C=O) groups is 2. The molecule has 16 heavy (non-hydrogen) atoms. The Kier molecular flexibility index (Phi) is 5.35. The third kappa shape index (κ3) is 3.52. The maximum Gasteiger partial charge on any atom is 0.171 e. The monoisotopic (exact) mass is 346 g/mol. The van der Waals surface area contributed by atoms with E-state index in [-0.39, 0.29) is 18.0 Å². The number of carbonyl (C=O) groups excluding carboxylic acids is 2. The van der Waals surface area contributed by atoms with Gasteiger partial charge in [0.05, 0.1) is 6.42 Å². The highest BCUT2D eigenvalue weighted by Gasteiger charge is 2.15. The molecular formula is C12H12Br2O2. The molecule has 4 heteroatoms. The number of hydrogen-bond donors (Lipinski definition) is 0. The van der Waals surface area contributed by atoms with Crippen molar-refractivity contribution >= 4 is 43.4 Å². The lowest BCUT2D eigenvalue weighted by molar-refractivity contribution is -0.118. The number of ketones is 2. The zero-order valence-corrected chi connectivity index (χ0v) is 12.1. The molecule has 0 saturated carbocycles. The molecule has 0 radical (unpaired) electrons. The Morgan fingerprint density at radius 1 is 1.25 bits per heavy atom. The summed E-state index contributed by atoms with van der Waals surface area (Å²) in [7, 11) is 0. The van der Waals surface area contributed by atoms with Gasteiger partial charge < -0.3 is 0 Å². The first-order chi connectivity index (χ1) is 7.56. The number of benzene rings is 1. The second-order valence-electron chi connectivity index (χ2n) is 3.49. The van der Waals surface area contributed by atoms with Crippen molar-refractivity contribution in [3.63, 3.8) is 0 Å². The molecule has 86 valence electrons. The minimum Gasteiger partial charge on any atom is -0.299 e. The van der Waals surface area contributed by atoms with Crippen LogP contribution in [0.5, 0.6) is 0 Å². The molecule has 2 nitrogen and oxygen atoms in total. The summed E-state index contributed by atoms with van der Waals surface area (Å²) in [5.74, 6) is -0.133. The second kappa shape index (κ2) is 6.30. The van der Waals surface area contributed by atoms with Gasteiger partial charge in [-0.05, 0) is 44.3 Å². The van der Waals surface area contributed by atoms with Crippen LogP contribution in [0.3, 0.4) is 0 Å². The number of Topliss-reactive ketones (excluding diaryl/α,β-unsaturated/α-hetero) is 2. The summed E-state index contributed by atoms with van der Waals surface area (Å²) < 4.78 is 1.53. The summed E-state index contributed by atoms with van der Waals surface area (Å²) >= 11 is 6.66. The molecule has 0 atom stereocenters. The Hall–Kier alpha value is -0.480. The van der Waals surface area contributed by atoms with Gasteiger partial charge >= 0.3 is 0 Å². The van der Waals surface area contributed by atoms with E-state index in [1.807, 2.05) is 13.0 Å². The van der Waals surface area contributed by atoms with Gasteiger partial charge in [0, 0.05) is 20.9 Å². The minimum atomic E-state index is -0.133. The number of halogens is 2. The summed E-state index contributed by atoms with van der Waals surface area (Å²) in [6.45, 7) is 1.93. The van der Waals surface area contributed by atoms with Crippen molar-refractivity contribution in [1.82, 2.24) is 0 Å². The summed E-state index contributed by atoms with van der Waals surface area (Å²) in [6, 6.07) is 5.34. The van der Waals surface area contributed by atoms with Crippen LogP contribution in [0.1, 0.15) is 36.5 Å². The van der Waals surface area contributed by atoms with Crippen LogP contribution < -0.4 is 0 Å².